The van der Waals surface area contributed by atoms with Crippen molar-refractivity contribution in [1.29, 1.82) is 0 Å². The molecule has 0 aliphatic carbocycles. The number of hydrogen-bond acceptors (Lipinski definition) is 2. The summed E-state index contributed by atoms with van der Waals surface area (Å²) in [4.78, 5) is 9.12. The summed E-state index contributed by atoms with van der Waals surface area (Å²) >= 11 is 0. The van der Waals surface area contributed by atoms with Gasteiger partial charge in [-0.3, -0.25) is 0 Å². The zero-order valence-corrected chi connectivity index (χ0v) is 3.66. The first kappa shape index (κ1) is 9.37. The minimum Gasteiger partial charge on any atom is -0.480 e. The number of carbonyl (C=O) groups is 1. The van der Waals surface area contributed by atoms with Gasteiger partial charge in [0.05, 0.1) is 0 Å². The zero-order chi connectivity index (χ0) is 6.28. The summed E-state index contributed by atoms with van der Waals surface area (Å²) in [5.74, 6) is -1.19. The highest BCUT2D eigenvalue weighted by Gasteiger charge is 1.82. The van der Waals surface area contributed by atoms with E-state index in [9.17, 15) is 0 Å². The van der Waals surface area contributed by atoms with Crippen molar-refractivity contribution in [3.8, 4) is 12.8 Å². The molecule has 40 valence electrons. The number of rotatable bonds is 1. The van der Waals surface area contributed by atoms with Gasteiger partial charge in [0, 0.05) is 0 Å². The van der Waals surface area contributed by atoms with Crippen LogP contribution in [-0.2, 0) is 4.79 Å². The Balaban J connectivity index is 0. The van der Waals surface area contributed by atoms with Crippen molar-refractivity contribution in [1.82, 2.24) is 0 Å². The standard InChI is InChI=1S/C2H4O3.C2H2/c3-1-2(4)5;1-2/h3H,1H2,(H,4,5);1-2H. The van der Waals surface area contributed by atoms with Gasteiger partial charge in [0.25, 0.3) is 0 Å². The Morgan fingerprint density at radius 1 is 1.57 bits per heavy atom. The first-order valence-corrected chi connectivity index (χ1v) is 1.43. The van der Waals surface area contributed by atoms with Crippen LogP contribution in [0.3, 0.4) is 0 Å². The summed E-state index contributed by atoms with van der Waals surface area (Å²) in [6, 6.07) is 0. The van der Waals surface area contributed by atoms with Crippen molar-refractivity contribution in [3.63, 3.8) is 0 Å². The molecule has 7 heavy (non-hydrogen) atoms. The van der Waals surface area contributed by atoms with Gasteiger partial charge in [-0.05, 0) is 0 Å². The molecule has 0 heterocycles. The lowest BCUT2D eigenvalue weighted by molar-refractivity contribution is -0.140. The van der Waals surface area contributed by atoms with Crippen molar-refractivity contribution < 1.29 is 15.0 Å². The topological polar surface area (TPSA) is 57.5 Å². The van der Waals surface area contributed by atoms with Crippen LogP contribution in [0.25, 0.3) is 0 Å². The third-order valence-electron chi connectivity index (χ3n) is 0.135. The van der Waals surface area contributed by atoms with Crippen LogP contribution in [-0.4, -0.2) is 22.8 Å². The summed E-state index contributed by atoms with van der Waals surface area (Å²) in [7, 11) is 0. The third-order valence-corrected chi connectivity index (χ3v) is 0.135. The van der Waals surface area contributed by atoms with Crippen molar-refractivity contribution in [2.24, 2.45) is 0 Å². The number of hydrogen-bond donors (Lipinski definition) is 2. The fourth-order valence-electron chi connectivity index (χ4n) is 0. The highest BCUT2D eigenvalue weighted by Crippen LogP contribution is 1.48. The molecule has 3 heteroatoms. The van der Waals surface area contributed by atoms with E-state index in [1.165, 1.54) is 0 Å². The molecule has 0 aliphatic heterocycles. The molecular weight excluding hydrogens is 96.0 g/mol. The van der Waals surface area contributed by atoms with Gasteiger partial charge in [0.15, 0.2) is 0 Å². The van der Waals surface area contributed by atoms with Crippen LogP contribution in [0.1, 0.15) is 0 Å². The third kappa shape index (κ3) is 45.5. The van der Waals surface area contributed by atoms with Gasteiger partial charge in [-0.1, -0.05) is 0 Å². The van der Waals surface area contributed by atoms with Crippen LogP contribution in [0.2, 0.25) is 0 Å². The van der Waals surface area contributed by atoms with E-state index in [1.54, 1.807) is 0 Å². The van der Waals surface area contributed by atoms with Gasteiger partial charge in [0.2, 0.25) is 0 Å². The van der Waals surface area contributed by atoms with Gasteiger partial charge in [0.1, 0.15) is 6.61 Å². The first-order valence-electron chi connectivity index (χ1n) is 1.43. The van der Waals surface area contributed by atoms with Gasteiger partial charge in [-0.15, -0.1) is 12.8 Å². The van der Waals surface area contributed by atoms with Crippen LogP contribution in [0.15, 0.2) is 0 Å². The molecule has 0 amide bonds. The van der Waals surface area contributed by atoms with Crippen LogP contribution < -0.4 is 0 Å². The highest BCUT2D eigenvalue weighted by molar-refractivity contribution is 5.67. The minimum absolute atomic E-state index is 0.778. The molecule has 2 N–H and O–H groups in total. The predicted octanol–water partition coefficient (Wildman–Crippen LogP) is -0.687. The minimum atomic E-state index is -1.19. The summed E-state index contributed by atoms with van der Waals surface area (Å²) < 4.78 is 0. The predicted molar refractivity (Wildman–Crippen MR) is 24.6 cm³/mol. The Labute approximate surface area is 41.6 Å². The molecule has 0 aromatic rings. The number of aliphatic carboxylic acids is 1. The fourth-order valence-corrected chi connectivity index (χ4v) is 0. The van der Waals surface area contributed by atoms with Gasteiger partial charge in [-0.2, -0.15) is 0 Å². The van der Waals surface area contributed by atoms with E-state index in [1.807, 2.05) is 0 Å². The van der Waals surface area contributed by atoms with Gasteiger partial charge >= 0.3 is 5.97 Å². The number of carboxylic acid groups (broad SMARTS) is 1. The maximum absolute atomic E-state index is 9.12. The number of aliphatic hydroxyl groups excluding tert-OH is 1. The number of carboxylic acids is 1. The number of terminal acetylenes is 1. The maximum atomic E-state index is 9.12. The molecule has 0 fully saturated rings. The fraction of sp³-hybridized carbons (Fsp3) is 0.250. The summed E-state index contributed by atoms with van der Waals surface area (Å²) in [5.41, 5.74) is 0. The maximum Gasteiger partial charge on any atom is 0.329 e. The Morgan fingerprint density at radius 2 is 1.71 bits per heavy atom. The molecule has 0 saturated carbocycles. The Morgan fingerprint density at radius 3 is 1.71 bits per heavy atom. The first-order chi connectivity index (χ1) is 3.27. The van der Waals surface area contributed by atoms with E-state index in [4.69, 9.17) is 15.0 Å². The van der Waals surface area contributed by atoms with E-state index in [2.05, 4.69) is 12.8 Å². The Kier molecular flexibility index (Phi) is 11.9. The smallest absolute Gasteiger partial charge is 0.329 e. The molecule has 0 aliphatic rings. The van der Waals surface area contributed by atoms with Crippen molar-refractivity contribution in [3.05, 3.63) is 0 Å². The largest absolute Gasteiger partial charge is 0.480 e. The lowest BCUT2D eigenvalue weighted by Gasteiger charge is -1.72. The molecule has 0 radical (unpaired) electrons. The summed E-state index contributed by atoms with van der Waals surface area (Å²) in [6.07, 6.45) is 8.00. The highest BCUT2D eigenvalue weighted by atomic mass is 16.4. The monoisotopic (exact) mass is 102 g/mol. The van der Waals surface area contributed by atoms with Crippen molar-refractivity contribution in [2.45, 2.75) is 0 Å². The van der Waals surface area contributed by atoms with Gasteiger partial charge in [-0.25, -0.2) is 4.79 Å². The Hall–Kier alpha value is -1.01. The van der Waals surface area contributed by atoms with E-state index >= 15 is 0 Å². The lowest BCUT2D eigenvalue weighted by atomic mass is 10.8. The van der Waals surface area contributed by atoms with Crippen LogP contribution in [0.5, 0.6) is 0 Å². The molecular formula is C4H6O3. The van der Waals surface area contributed by atoms with E-state index in [0.29, 0.717) is 0 Å². The van der Waals surface area contributed by atoms with Crippen molar-refractivity contribution >= 4 is 5.97 Å². The number of aliphatic hydroxyl groups is 1. The molecule has 0 atom stereocenters. The van der Waals surface area contributed by atoms with Crippen molar-refractivity contribution in [2.75, 3.05) is 6.61 Å². The molecule has 0 rings (SSSR count). The zero-order valence-electron chi connectivity index (χ0n) is 3.66. The van der Waals surface area contributed by atoms with Crippen LogP contribution in [0, 0.1) is 12.8 Å². The molecule has 0 aromatic carbocycles. The quantitative estimate of drug-likeness (QED) is 0.431. The van der Waals surface area contributed by atoms with E-state index < -0.39 is 12.6 Å². The average Bonchev–Trinajstić information content (AvgIpc) is 1.73. The molecule has 0 unspecified atom stereocenters. The summed E-state index contributed by atoms with van der Waals surface area (Å²) in [5, 5.41) is 15.0. The second-order valence-electron chi connectivity index (χ2n) is 0.552. The second-order valence-corrected chi connectivity index (χ2v) is 0.552. The summed E-state index contributed by atoms with van der Waals surface area (Å²) in [6.45, 7) is -0.778. The molecule has 0 saturated heterocycles. The Bertz CT molecular complexity index is 64.6. The average molecular weight is 102 g/mol. The molecule has 0 bridgehead atoms. The van der Waals surface area contributed by atoms with Crippen LogP contribution in [0.4, 0.5) is 0 Å². The normalized spacial score (nSPS) is 5.57. The van der Waals surface area contributed by atoms with Gasteiger partial charge < -0.3 is 10.2 Å². The van der Waals surface area contributed by atoms with Crippen LogP contribution >= 0.6 is 0 Å². The van der Waals surface area contributed by atoms with E-state index in [-0.39, 0.29) is 0 Å². The van der Waals surface area contributed by atoms with E-state index in [0.717, 1.165) is 0 Å². The molecule has 3 nitrogen and oxygen atoms in total. The molecule has 0 spiro atoms. The SMILES string of the molecule is C#C.O=C(O)CO. The lowest BCUT2D eigenvalue weighted by Crippen LogP contribution is -1.98. The second kappa shape index (κ2) is 8.89. The molecule has 0 aromatic heterocycles.